The summed E-state index contributed by atoms with van der Waals surface area (Å²) < 4.78 is 0. The van der Waals surface area contributed by atoms with Crippen LogP contribution in [0.1, 0.15) is 21.6 Å². The third kappa shape index (κ3) is 3.46. The predicted octanol–water partition coefficient (Wildman–Crippen LogP) is 1.55. The number of aliphatic carboxylic acids is 1. The van der Waals surface area contributed by atoms with E-state index in [1.165, 1.54) is 24.5 Å². The molecule has 1 aromatic carbocycles. The minimum Gasteiger partial charge on any atom is -0.480 e. The van der Waals surface area contributed by atoms with Crippen LogP contribution in [0.25, 0.3) is 0 Å². The van der Waals surface area contributed by atoms with Crippen LogP contribution in [0.3, 0.4) is 0 Å². The topological polar surface area (TPSA) is 83.4 Å². The van der Waals surface area contributed by atoms with Gasteiger partial charge >= 0.3 is 5.97 Å². The Labute approximate surface area is 128 Å². The summed E-state index contributed by atoms with van der Waals surface area (Å²) in [5.74, 6) is -1.45. The summed E-state index contributed by atoms with van der Waals surface area (Å²) in [4.78, 5) is 33.0. The lowest BCUT2D eigenvalue weighted by Gasteiger charge is -2.25. The van der Waals surface area contributed by atoms with Gasteiger partial charge in [0.1, 0.15) is 12.4 Å². The molecule has 0 aliphatic rings. The summed E-state index contributed by atoms with van der Waals surface area (Å²) in [6.07, 6.45) is 3.00. The van der Waals surface area contributed by atoms with Gasteiger partial charge in [-0.2, -0.15) is 0 Å². The summed E-state index contributed by atoms with van der Waals surface area (Å²) >= 11 is 0. The van der Waals surface area contributed by atoms with Gasteiger partial charge in [-0.05, 0) is 12.5 Å². The fourth-order valence-electron chi connectivity index (χ4n) is 2.16. The average Bonchev–Trinajstić information content (AvgIpc) is 2.52. The van der Waals surface area contributed by atoms with E-state index in [-0.39, 0.29) is 6.42 Å². The summed E-state index contributed by atoms with van der Waals surface area (Å²) in [5.41, 5.74) is 1.69. The lowest BCUT2D eigenvalue weighted by atomic mass is 10.0. The first-order valence-electron chi connectivity index (χ1n) is 6.81. The maximum absolute atomic E-state index is 12.5. The van der Waals surface area contributed by atoms with Crippen LogP contribution < -0.4 is 0 Å². The van der Waals surface area contributed by atoms with Crippen LogP contribution in [0.2, 0.25) is 0 Å². The smallest absolute Gasteiger partial charge is 0.326 e. The fourth-order valence-corrected chi connectivity index (χ4v) is 2.16. The molecular weight excluding hydrogens is 282 g/mol. The first-order valence-corrected chi connectivity index (χ1v) is 6.81. The maximum Gasteiger partial charge on any atom is 0.326 e. The Kier molecular flexibility index (Phi) is 4.83. The largest absolute Gasteiger partial charge is 0.480 e. The van der Waals surface area contributed by atoms with Gasteiger partial charge < -0.3 is 10.0 Å². The molecule has 1 N–H and O–H groups in total. The van der Waals surface area contributed by atoms with Crippen LogP contribution in [0, 0.1) is 6.92 Å². The maximum atomic E-state index is 12.5. The number of nitrogens with zero attached hydrogens (tertiary/aromatic N) is 3. The van der Waals surface area contributed by atoms with E-state index in [1.807, 2.05) is 30.3 Å². The Morgan fingerprint density at radius 3 is 2.55 bits per heavy atom. The van der Waals surface area contributed by atoms with Crippen molar-refractivity contribution < 1.29 is 14.7 Å². The SMILES string of the molecule is Cc1ncncc1C(=O)N(C)[C@H](Cc1ccccc1)C(=O)O. The van der Waals surface area contributed by atoms with E-state index in [1.54, 1.807) is 6.92 Å². The molecule has 0 aliphatic carbocycles. The second-order valence-corrected chi connectivity index (χ2v) is 4.98. The van der Waals surface area contributed by atoms with Gasteiger partial charge in [-0.3, -0.25) is 4.79 Å². The number of rotatable bonds is 5. The highest BCUT2D eigenvalue weighted by Crippen LogP contribution is 2.13. The van der Waals surface area contributed by atoms with Crippen molar-refractivity contribution in [2.75, 3.05) is 7.05 Å². The summed E-state index contributed by atoms with van der Waals surface area (Å²) in [6, 6.07) is 8.26. The van der Waals surface area contributed by atoms with Crippen molar-refractivity contribution in [2.45, 2.75) is 19.4 Å². The predicted molar refractivity (Wildman–Crippen MR) is 80.4 cm³/mol. The summed E-state index contributed by atoms with van der Waals surface area (Å²) in [7, 11) is 1.48. The molecule has 0 radical (unpaired) electrons. The highest BCUT2D eigenvalue weighted by molar-refractivity contribution is 5.97. The van der Waals surface area contributed by atoms with Crippen molar-refractivity contribution in [1.82, 2.24) is 14.9 Å². The van der Waals surface area contributed by atoms with Crippen molar-refractivity contribution in [3.8, 4) is 0 Å². The molecule has 1 atom stereocenters. The number of carbonyl (C=O) groups is 2. The van der Waals surface area contributed by atoms with Crippen molar-refractivity contribution in [3.63, 3.8) is 0 Å². The zero-order chi connectivity index (χ0) is 16.1. The van der Waals surface area contributed by atoms with E-state index in [9.17, 15) is 14.7 Å². The third-order valence-electron chi connectivity index (χ3n) is 3.49. The Bertz CT molecular complexity index is 673. The van der Waals surface area contributed by atoms with E-state index < -0.39 is 17.9 Å². The van der Waals surface area contributed by atoms with Crippen molar-refractivity contribution in [3.05, 3.63) is 59.7 Å². The molecule has 22 heavy (non-hydrogen) atoms. The molecule has 0 spiro atoms. The Morgan fingerprint density at radius 1 is 1.27 bits per heavy atom. The first-order chi connectivity index (χ1) is 10.5. The molecule has 0 fully saturated rings. The van der Waals surface area contributed by atoms with Crippen molar-refractivity contribution >= 4 is 11.9 Å². The lowest BCUT2D eigenvalue weighted by Crippen LogP contribution is -2.44. The molecule has 1 aromatic heterocycles. The van der Waals surface area contributed by atoms with Gasteiger partial charge in [-0.1, -0.05) is 30.3 Å². The van der Waals surface area contributed by atoms with Gasteiger partial charge in [-0.25, -0.2) is 14.8 Å². The molecule has 6 heteroatoms. The van der Waals surface area contributed by atoms with Gasteiger partial charge in [-0.15, -0.1) is 0 Å². The van der Waals surface area contributed by atoms with Crippen LogP contribution in [-0.2, 0) is 11.2 Å². The zero-order valence-corrected chi connectivity index (χ0v) is 12.4. The van der Waals surface area contributed by atoms with Gasteiger partial charge in [0.25, 0.3) is 5.91 Å². The molecule has 2 rings (SSSR count). The number of amides is 1. The number of hydrogen-bond donors (Lipinski definition) is 1. The highest BCUT2D eigenvalue weighted by atomic mass is 16.4. The Hall–Kier alpha value is -2.76. The van der Waals surface area contributed by atoms with Crippen molar-refractivity contribution in [1.29, 1.82) is 0 Å². The van der Waals surface area contributed by atoms with Gasteiger partial charge in [0.15, 0.2) is 0 Å². The second-order valence-electron chi connectivity index (χ2n) is 4.98. The lowest BCUT2D eigenvalue weighted by molar-refractivity contribution is -0.141. The average molecular weight is 299 g/mol. The van der Waals surface area contributed by atoms with Crippen molar-refractivity contribution in [2.24, 2.45) is 0 Å². The minimum atomic E-state index is -1.05. The molecule has 0 aliphatic heterocycles. The molecule has 0 saturated heterocycles. The Morgan fingerprint density at radius 2 is 1.95 bits per heavy atom. The molecule has 0 saturated carbocycles. The number of aryl methyl sites for hydroxylation is 1. The number of likely N-dealkylation sites (N-methyl/N-ethyl adjacent to an activating group) is 1. The van der Waals surface area contributed by atoms with E-state index in [4.69, 9.17) is 0 Å². The van der Waals surface area contributed by atoms with E-state index in [0.717, 1.165) is 5.56 Å². The number of carboxylic acid groups (broad SMARTS) is 1. The van der Waals surface area contributed by atoms with Crippen LogP contribution >= 0.6 is 0 Å². The third-order valence-corrected chi connectivity index (χ3v) is 3.49. The summed E-state index contributed by atoms with van der Waals surface area (Å²) in [6.45, 7) is 1.69. The first kappa shape index (κ1) is 15.6. The molecule has 6 nitrogen and oxygen atoms in total. The summed E-state index contributed by atoms with van der Waals surface area (Å²) in [5, 5.41) is 9.44. The van der Waals surface area contributed by atoms with Crippen LogP contribution in [0.4, 0.5) is 0 Å². The molecule has 114 valence electrons. The number of aromatic nitrogens is 2. The zero-order valence-electron chi connectivity index (χ0n) is 12.4. The van der Waals surface area contributed by atoms with Crippen LogP contribution in [-0.4, -0.2) is 44.9 Å². The molecular formula is C16H17N3O3. The molecule has 1 amide bonds. The minimum absolute atomic E-state index is 0.241. The van der Waals surface area contributed by atoms with Crippen LogP contribution in [0.5, 0.6) is 0 Å². The molecule has 2 aromatic rings. The number of hydrogen-bond acceptors (Lipinski definition) is 4. The van der Waals surface area contributed by atoms with E-state index in [0.29, 0.717) is 11.3 Å². The van der Waals surface area contributed by atoms with Crippen LogP contribution in [0.15, 0.2) is 42.9 Å². The monoisotopic (exact) mass is 299 g/mol. The molecule has 0 bridgehead atoms. The fraction of sp³-hybridized carbons (Fsp3) is 0.250. The number of carbonyl (C=O) groups excluding carboxylic acids is 1. The molecule has 0 unspecified atom stereocenters. The Balaban J connectivity index is 2.23. The van der Waals surface area contributed by atoms with Gasteiger partial charge in [0.05, 0.1) is 11.3 Å². The van der Waals surface area contributed by atoms with Gasteiger partial charge in [0, 0.05) is 19.7 Å². The highest BCUT2D eigenvalue weighted by Gasteiger charge is 2.28. The standard InChI is InChI=1S/C16H17N3O3/c1-11-13(9-17-10-18-11)15(20)19(2)14(16(21)22)8-12-6-4-3-5-7-12/h3-7,9-10,14H,8H2,1-2H3,(H,21,22)/t14-/m1/s1. The number of carboxylic acids is 1. The normalized spacial score (nSPS) is 11.7. The quantitative estimate of drug-likeness (QED) is 0.905. The van der Waals surface area contributed by atoms with Gasteiger partial charge in [0.2, 0.25) is 0 Å². The van der Waals surface area contributed by atoms with E-state index in [2.05, 4.69) is 9.97 Å². The second kappa shape index (κ2) is 6.80. The molecule has 1 heterocycles. The van der Waals surface area contributed by atoms with E-state index >= 15 is 0 Å². The number of benzene rings is 1.